The zero-order valence-corrected chi connectivity index (χ0v) is 27.6. The number of carbonyl (C=O) groups is 1. The molecule has 10 heteroatoms. The normalized spacial score (nSPS) is 20.0. The number of benzene rings is 2. The fraction of sp³-hybridized carbons (Fsp3) is 0.368. The fourth-order valence-electron chi connectivity index (χ4n) is 7.33. The Balaban J connectivity index is 1.18. The van der Waals surface area contributed by atoms with Gasteiger partial charge in [-0.1, -0.05) is 24.3 Å². The second-order valence-corrected chi connectivity index (χ2v) is 14.4. The zero-order chi connectivity index (χ0) is 33.0. The van der Waals surface area contributed by atoms with Crippen molar-refractivity contribution >= 4 is 28.8 Å². The fourth-order valence-corrected chi connectivity index (χ4v) is 7.33. The van der Waals surface area contributed by atoms with Crippen molar-refractivity contribution < 1.29 is 14.3 Å². The maximum Gasteiger partial charge on any atom is 0.408 e. The second kappa shape index (κ2) is 11.6. The first-order valence-corrected chi connectivity index (χ1v) is 16.8. The van der Waals surface area contributed by atoms with Gasteiger partial charge in [0.2, 0.25) is 0 Å². The van der Waals surface area contributed by atoms with Crippen LogP contribution in [0.5, 0.6) is 0 Å². The lowest BCUT2D eigenvalue weighted by atomic mass is 9.72. The standard InChI is InChI=1S/C38H41N7O3/c1-37(2,3)48-36(46)43-38(16-6-17-38)26-10-12-27(13-11-26)45-34(30-9-5-18-40-33(30)39)42-32-15-14-31(41-35(32)45)25-7-4-8-28(20-25)44-21-24-19-29(22-44)47-23-24/h4-5,7-15,18,20,24,29H,6,16-17,19,21-23H2,1-3H3,(H2,39,40)(H,43,46). The van der Waals surface area contributed by atoms with Gasteiger partial charge >= 0.3 is 6.09 Å². The molecule has 2 atom stereocenters. The summed E-state index contributed by atoms with van der Waals surface area (Å²) >= 11 is 0. The number of piperidine rings is 1. The third-order valence-corrected chi connectivity index (χ3v) is 9.78. The van der Waals surface area contributed by atoms with Crippen molar-refractivity contribution in [1.82, 2.24) is 24.8 Å². The number of ether oxygens (including phenoxy) is 2. The highest BCUT2D eigenvalue weighted by atomic mass is 16.6. The Morgan fingerprint density at radius 1 is 1.00 bits per heavy atom. The molecule has 3 N–H and O–H groups in total. The summed E-state index contributed by atoms with van der Waals surface area (Å²) in [4.78, 5) is 29.8. The lowest BCUT2D eigenvalue weighted by Crippen LogP contribution is -2.52. The number of hydrogen-bond acceptors (Lipinski definition) is 8. The molecule has 1 saturated carbocycles. The highest BCUT2D eigenvalue weighted by Gasteiger charge is 2.41. The van der Waals surface area contributed by atoms with Crippen LogP contribution in [0, 0.1) is 5.92 Å². The van der Waals surface area contributed by atoms with Gasteiger partial charge in [0.1, 0.15) is 16.9 Å². The van der Waals surface area contributed by atoms with E-state index in [2.05, 4.69) is 63.7 Å². The predicted octanol–water partition coefficient (Wildman–Crippen LogP) is 6.86. The molecular weight excluding hydrogens is 602 g/mol. The molecule has 5 heterocycles. The highest BCUT2D eigenvalue weighted by molar-refractivity contribution is 5.85. The first-order valence-electron chi connectivity index (χ1n) is 16.8. The largest absolute Gasteiger partial charge is 0.444 e. The van der Waals surface area contributed by atoms with E-state index in [1.54, 1.807) is 6.20 Å². The molecule has 2 aliphatic heterocycles. The van der Waals surface area contributed by atoms with Gasteiger partial charge in [-0.2, -0.15) is 0 Å². The molecule has 2 aromatic carbocycles. The Morgan fingerprint density at radius 3 is 2.56 bits per heavy atom. The molecule has 2 bridgehead atoms. The van der Waals surface area contributed by atoms with Gasteiger partial charge in [-0.3, -0.25) is 4.57 Å². The van der Waals surface area contributed by atoms with Gasteiger partial charge in [-0.05, 0) is 101 Å². The van der Waals surface area contributed by atoms with E-state index in [1.807, 2.05) is 49.6 Å². The molecule has 3 fully saturated rings. The van der Waals surface area contributed by atoms with Crippen molar-refractivity contribution in [3.8, 4) is 28.3 Å². The van der Waals surface area contributed by atoms with Gasteiger partial charge < -0.3 is 25.4 Å². The van der Waals surface area contributed by atoms with Gasteiger partial charge in [0.25, 0.3) is 0 Å². The summed E-state index contributed by atoms with van der Waals surface area (Å²) in [6.07, 6.45) is 5.49. The summed E-state index contributed by atoms with van der Waals surface area (Å²) in [5.41, 5.74) is 12.6. The second-order valence-electron chi connectivity index (χ2n) is 14.4. The Kier molecular flexibility index (Phi) is 7.36. The molecule has 5 aromatic rings. The van der Waals surface area contributed by atoms with Gasteiger partial charge in [-0.25, -0.2) is 19.7 Å². The summed E-state index contributed by atoms with van der Waals surface area (Å²) in [5.74, 6) is 1.65. The van der Waals surface area contributed by atoms with E-state index in [1.165, 1.54) is 5.69 Å². The molecule has 8 rings (SSSR count). The first kappa shape index (κ1) is 30.4. The van der Waals surface area contributed by atoms with Crippen molar-refractivity contribution in [3.05, 3.63) is 84.6 Å². The van der Waals surface area contributed by atoms with E-state index in [9.17, 15) is 4.79 Å². The third-order valence-electron chi connectivity index (χ3n) is 9.78. The maximum absolute atomic E-state index is 12.8. The molecule has 0 radical (unpaired) electrons. The van der Waals surface area contributed by atoms with Crippen LogP contribution in [0.15, 0.2) is 79.0 Å². The van der Waals surface area contributed by atoms with Crippen LogP contribution in [0.2, 0.25) is 0 Å². The number of nitrogen functional groups attached to an aromatic ring is 1. The first-order chi connectivity index (χ1) is 23.1. The molecule has 2 unspecified atom stereocenters. The molecular formula is C38H41N7O3. The van der Waals surface area contributed by atoms with Crippen LogP contribution < -0.4 is 16.0 Å². The Hall–Kier alpha value is -4.96. The number of carbonyl (C=O) groups excluding carboxylic acids is 1. The minimum Gasteiger partial charge on any atom is -0.444 e. The van der Waals surface area contributed by atoms with Crippen LogP contribution in [-0.2, 0) is 15.0 Å². The molecule has 1 aliphatic carbocycles. The lowest BCUT2D eigenvalue weighted by molar-refractivity contribution is 0.0377. The summed E-state index contributed by atoms with van der Waals surface area (Å²) < 4.78 is 13.6. The van der Waals surface area contributed by atoms with E-state index < -0.39 is 17.2 Å². The van der Waals surface area contributed by atoms with E-state index in [0.29, 0.717) is 23.7 Å². The number of alkyl carbamates (subject to hydrolysis) is 1. The van der Waals surface area contributed by atoms with Gasteiger partial charge in [0.15, 0.2) is 11.5 Å². The molecule has 1 amide bonds. The number of aromatic nitrogens is 4. The van der Waals surface area contributed by atoms with Crippen molar-refractivity contribution in [3.63, 3.8) is 0 Å². The van der Waals surface area contributed by atoms with E-state index >= 15 is 0 Å². The Labute approximate surface area is 280 Å². The van der Waals surface area contributed by atoms with E-state index in [0.717, 1.165) is 84.6 Å². The Morgan fingerprint density at radius 2 is 1.83 bits per heavy atom. The minimum atomic E-state index is -0.568. The number of hydrogen-bond donors (Lipinski definition) is 2. The van der Waals surface area contributed by atoms with Crippen molar-refractivity contribution in [2.75, 3.05) is 30.3 Å². The molecule has 10 nitrogen and oxygen atoms in total. The molecule has 3 aromatic heterocycles. The van der Waals surface area contributed by atoms with Crippen LogP contribution in [-0.4, -0.2) is 57.0 Å². The van der Waals surface area contributed by atoms with Crippen LogP contribution >= 0.6 is 0 Å². The summed E-state index contributed by atoms with van der Waals surface area (Å²) in [6, 6.07) is 24.7. The minimum absolute atomic E-state index is 0.313. The predicted molar refractivity (Wildman–Crippen MR) is 187 cm³/mol. The van der Waals surface area contributed by atoms with Crippen molar-refractivity contribution in [2.24, 2.45) is 5.92 Å². The van der Waals surface area contributed by atoms with Gasteiger partial charge in [0, 0.05) is 42.1 Å². The average Bonchev–Trinajstić information content (AvgIpc) is 3.60. The number of nitrogens with zero attached hydrogens (tertiary/aromatic N) is 5. The molecule has 48 heavy (non-hydrogen) atoms. The smallest absolute Gasteiger partial charge is 0.408 e. The van der Waals surface area contributed by atoms with Gasteiger partial charge in [-0.15, -0.1) is 0 Å². The number of nitrogens with two attached hydrogens (primary N) is 1. The number of fused-ring (bicyclic) bond motifs is 3. The summed E-state index contributed by atoms with van der Waals surface area (Å²) in [5, 5.41) is 3.17. The van der Waals surface area contributed by atoms with E-state index in [-0.39, 0.29) is 0 Å². The zero-order valence-electron chi connectivity index (χ0n) is 27.6. The van der Waals surface area contributed by atoms with Crippen LogP contribution in [0.3, 0.4) is 0 Å². The van der Waals surface area contributed by atoms with Crippen molar-refractivity contribution in [2.45, 2.75) is 63.7 Å². The number of pyridine rings is 2. The highest BCUT2D eigenvalue weighted by Crippen LogP contribution is 2.42. The number of rotatable bonds is 6. The number of amides is 1. The topological polar surface area (TPSA) is 120 Å². The molecule has 3 aliphatic rings. The van der Waals surface area contributed by atoms with Crippen LogP contribution in [0.1, 0.15) is 52.0 Å². The lowest BCUT2D eigenvalue weighted by Gasteiger charge is -2.43. The molecule has 0 spiro atoms. The van der Waals surface area contributed by atoms with Crippen LogP contribution in [0.4, 0.5) is 16.3 Å². The molecule has 2 saturated heterocycles. The van der Waals surface area contributed by atoms with Gasteiger partial charge in [0.05, 0.1) is 29.5 Å². The number of nitrogens with one attached hydrogen (secondary N) is 1. The quantitative estimate of drug-likeness (QED) is 0.206. The summed E-state index contributed by atoms with van der Waals surface area (Å²) in [7, 11) is 0. The number of anilines is 2. The maximum atomic E-state index is 12.8. The third kappa shape index (κ3) is 5.64. The van der Waals surface area contributed by atoms with E-state index in [4.69, 9.17) is 25.2 Å². The molecule has 246 valence electrons. The van der Waals surface area contributed by atoms with Crippen LogP contribution in [0.25, 0.3) is 39.5 Å². The summed E-state index contributed by atoms with van der Waals surface area (Å²) in [6.45, 7) is 8.41. The number of imidazole rings is 1. The average molecular weight is 644 g/mol. The SMILES string of the molecule is CC(C)(C)OC(=O)NC1(c2ccc(-n3c(-c4cccnc4N)nc4ccc(-c5cccc(N6CC7COC(C7)C6)c5)nc43)cc2)CCC1. The monoisotopic (exact) mass is 643 g/mol. The van der Waals surface area contributed by atoms with Crippen molar-refractivity contribution in [1.29, 1.82) is 0 Å². The Bertz CT molecular complexity index is 1980.